The summed E-state index contributed by atoms with van der Waals surface area (Å²) in [5, 5.41) is 7.89. The molecular weight excluding hydrogens is 278 g/mol. The summed E-state index contributed by atoms with van der Waals surface area (Å²) in [5.74, 6) is 0. The van der Waals surface area contributed by atoms with E-state index >= 15 is 0 Å². The average Bonchev–Trinajstić information content (AvgIpc) is 2.51. The Morgan fingerprint density at radius 2 is 2.06 bits per heavy atom. The Balaban J connectivity index is 2.96. The van der Waals surface area contributed by atoms with Gasteiger partial charge in [-0.1, -0.05) is 20.8 Å². The highest BCUT2D eigenvalue weighted by Gasteiger charge is 2.28. The van der Waals surface area contributed by atoms with E-state index in [2.05, 4.69) is 47.1 Å². The molecule has 0 aliphatic rings. The number of aryl methyl sites for hydroxylation is 2. The minimum Gasteiger partial charge on any atom is -0.316 e. The molecule has 0 amide bonds. The van der Waals surface area contributed by atoms with Gasteiger partial charge in [-0.15, -0.1) is 0 Å². The molecule has 0 bridgehead atoms. The zero-order chi connectivity index (χ0) is 13.2. The predicted molar refractivity (Wildman–Crippen MR) is 76.3 cm³/mol. The predicted octanol–water partition coefficient (Wildman–Crippen LogP) is 3.06. The quantitative estimate of drug-likeness (QED) is 0.906. The van der Waals surface area contributed by atoms with Crippen molar-refractivity contribution in [3.8, 4) is 0 Å². The maximum Gasteiger partial charge on any atom is 0.0738 e. The van der Waals surface area contributed by atoms with E-state index in [4.69, 9.17) is 0 Å². The second-order valence-electron chi connectivity index (χ2n) is 5.36. The summed E-state index contributed by atoms with van der Waals surface area (Å²) < 4.78 is 3.13. The van der Waals surface area contributed by atoms with Crippen LogP contribution in [0.5, 0.6) is 0 Å². The standard InChI is InChI=1S/C13H24BrN3/c1-7-13(3,4)11(15-5)8-10-12(14)9(2)16-17(10)6/h11,15H,7-8H2,1-6H3. The van der Waals surface area contributed by atoms with Gasteiger partial charge in [0.1, 0.15) is 0 Å². The summed E-state index contributed by atoms with van der Waals surface area (Å²) in [4.78, 5) is 0. The fourth-order valence-corrected chi connectivity index (χ4v) is 2.61. The number of nitrogens with zero attached hydrogens (tertiary/aromatic N) is 2. The molecule has 0 aromatic carbocycles. The minimum atomic E-state index is 0.284. The van der Waals surface area contributed by atoms with Crippen LogP contribution in [0.1, 0.15) is 38.6 Å². The van der Waals surface area contributed by atoms with Gasteiger partial charge in [0.25, 0.3) is 0 Å². The average molecular weight is 302 g/mol. The first-order chi connectivity index (χ1) is 7.83. The molecule has 1 N–H and O–H groups in total. The largest absolute Gasteiger partial charge is 0.316 e. The monoisotopic (exact) mass is 301 g/mol. The minimum absolute atomic E-state index is 0.284. The maximum atomic E-state index is 4.45. The number of rotatable bonds is 5. The molecule has 0 saturated carbocycles. The summed E-state index contributed by atoms with van der Waals surface area (Å²) >= 11 is 3.64. The van der Waals surface area contributed by atoms with Gasteiger partial charge in [0.15, 0.2) is 0 Å². The Morgan fingerprint density at radius 1 is 1.47 bits per heavy atom. The SMILES string of the molecule is CCC(C)(C)C(Cc1c(Br)c(C)nn1C)NC. The van der Waals surface area contributed by atoms with Crippen molar-refractivity contribution in [2.75, 3.05) is 7.05 Å². The smallest absolute Gasteiger partial charge is 0.0738 e. The van der Waals surface area contributed by atoms with Gasteiger partial charge in [-0.2, -0.15) is 5.10 Å². The lowest BCUT2D eigenvalue weighted by Crippen LogP contribution is -2.41. The third kappa shape index (κ3) is 3.10. The Hall–Kier alpha value is -0.350. The molecule has 0 saturated heterocycles. The van der Waals surface area contributed by atoms with Crippen LogP contribution in [0.15, 0.2) is 4.47 Å². The molecule has 0 spiro atoms. The highest BCUT2D eigenvalue weighted by Crippen LogP contribution is 2.29. The van der Waals surface area contributed by atoms with Gasteiger partial charge in [-0.3, -0.25) is 4.68 Å². The van der Waals surface area contributed by atoms with E-state index in [1.165, 1.54) is 5.69 Å². The van der Waals surface area contributed by atoms with E-state index in [-0.39, 0.29) is 5.41 Å². The van der Waals surface area contributed by atoms with Crippen LogP contribution in [0.25, 0.3) is 0 Å². The van der Waals surface area contributed by atoms with Crippen LogP contribution in [0.3, 0.4) is 0 Å². The lowest BCUT2D eigenvalue weighted by Gasteiger charge is -2.33. The molecule has 98 valence electrons. The number of nitrogens with one attached hydrogen (secondary N) is 1. The molecular formula is C13H24BrN3. The molecule has 1 aromatic rings. The fourth-order valence-electron chi connectivity index (χ4n) is 2.11. The summed E-state index contributed by atoms with van der Waals surface area (Å²) in [6, 6.07) is 0.457. The zero-order valence-corrected chi connectivity index (χ0v) is 13.3. The third-order valence-electron chi connectivity index (χ3n) is 3.86. The highest BCUT2D eigenvalue weighted by atomic mass is 79.9. The molecule has 1 atom stereocenters. The van der Waals surface area contributed by atoms with Gasteiger partial charge in [-0.25, -0.2) is 0 Å². The fraction of sp³-hybridized carbons (Fsp3) is 0.769. The van der Waals surface area contributed by atoms with Gasteiger partial charge in [-0.05, 0) is 41.7 Å². The molecule has 0 fully saturated rings. The van der Waals surface area contributed by atoms with Crippen molar-refractivity contribution in [1.29, 1.82) is 0 Å². The number of aromatic nitrogens is 2. The van der Waals surface area contributed by atoms with Crippen LogP contribution in [0.4, 0.5) is 0 Å². The molecule has 0 radical (unpaired) electrons. The first-order valence-corrected chi connectivity index (χ1v) is 6.98. The lowest BCUT2D eigenvalue weighted by atomic mass is 9.79. The molecule has 1 aromatic heterocycles. The van der Waals surface area contributed by atoms with Crippen LogP contribution < -0.4 is 5.32 Å². The molecule has 1 heterocycles. The molecule has 4 heteroatoms. The summed E-state index contributed by atoms with van der Waals surface area (Å²) in [7, 11) is 4.05. The van der Waals surface area contributed by atoms with Crippen molar-refractivity contribution in [3.63, 3.8) is 0 Å². The first-order valence-electron chi connectivity index (χ1n) is 6.18. The van der Waals surface area contributed by atoms with E-state index < -0.39 is 0 Å². The van der Waals surface area contributed by atoms with Crippen LogP contribution in [0, 0.1) is 12.3 Å². The Bertz CT molecular complexity index is 382. The van der Waals surface area contributed by atoms with Crippen molar-refractivity contribution < 1.29 is 0 Å². The maximum absolute atomic E-state index is 4.45. The highest BCUT2D eigenvalue weighted by molar-refractivity contribution is 9.10. The van der Waals surface area contributed by atoms with E-state index in [0.717, 1.165) is 23.0 Å². The zero-order valence-electron chi connectivity index (χ0n) is 11.8. The van der Waals surface area contributed by atoms with Crippen LogP contribution >= 0.6 is 15.9 Å². The molecule has 0 aliphatic carbocycles. The lowest BCUT2D eigenvalue weighted by molar-refractivity contribution is 0.237. The van der Waals surface area contributed by atoms with E-state index in [1.807, 2.05) is 25.7 Å². The topological polar surface area (TPSA) is 29.9 Å². The summed E-state index contributed by atoms with van der Waals surface area (Å²) in [6.45, 7) is 8.90. The molecule has 17 heavy (non-hydrogen) atoms. The molecule has 3 nitrogen and oxygen atoms in total. The summed E-state index contributed by atoms with van der Waals surface area (Å²) in [5.41, 5.74) is 2.61. The van der Waals surface area contributed by atoms with Crippen molar-refractivity contribution in [1.82, 2.24) is 15.1 Å². The third-order valence-corrected chi connectivity index (χ3v) is 4.89. The number of likely N-dealkylation sites (N-methyl/N-ethyl adjacent to an activating group) is 1. The number of hydrogen-bond donors (Lipinski definition) is 1. The van der Waals surface area contributed by atoms with Crippen LogP contribution in [-0.4, -0.2) is 22.9 Å². The van der Waals surface area contributed by atoms with E-state index in [1.54, 1.807) is 0 Å². The van der Waals surface area contributed by atoms with E-state index in [9.17, 15) is 0 Å². The van der Waals surface area contributed by atoms with Crippen LogP contribution in [0.2, 0.25) is 0 Å². The summed E-state index contributed by atoms with van der Waals surface area (Å²) in [6.07, 6.45) is 2.15. The van der Waals surface area contributed by atoms with Gasteiger partial charge >= 0.3 is 0 Å². The van der Waals surface area contributed by atoms with Crippen molar-refractivity contribution >= 4 is 15.9 Å². The van der Waals surface area contributed by atoms with Crippen LogP contribution in [-0.2, 0) is 13.5 Å². The van der Waals surface area contributed by atoms with Gasteiger partial charge < -0.3 is 5.32 Å². The second kappa shape index (κ2) is 5.53. The number of hydrogen-bond acceptors (Lipinski definition) is 2. The normalized spacial score (nSPS) is 14.1. The number of halogens is 1. The first kappa shape index (κ1) is 14.7. The van der Waals surface area contributed by atoms with Crippen molar-refractivity contribution in [2.24, 2.45) is 12.5 Å². The Labute approximate surface area is 113 Å². The van der Waals surface area contributed by atoms with Crippen molar-refractivity contribution in [2.45, 2.75) is 46.6 Å². The van der Waals surface area contributed by atoms with Gasteiger partial charge in [0, 0.05) is 19.5 Å². The van der Waals surface area contributed by atoms with E-state index in [0.29, 0.717) is 6.04 Å². The Kier molecular flexibility index (Phi) is 4.78. The van der Waals surface area contributed by atoms with Crippen molar-refractivity contribution in [3.05, 3.63) is 15.9 Å². The molecule has 1 rings (SSSR count). The van der Waals surface area contributed by atoms with Gasteiger partial charge in [0.05, 0.1) is 15.9 Å². The van der Waals surface area contributed by atoms with Gasteiger partial charge in [0.2, 0.25) is 0 Å². The molecule has 0 aliphatic heterocycles. The molecule has 1 unspecified atom stereocenters. The second-order valence-corrected chi connectivity index (χ2v) is 6.15. The Morgan fingerprint density at radius 3 is 2.41 bits per heavy atom.